The first-order valence-corrected chi connectivity index (χ1v) is 7.11. The van der Waals surface area contributed by atoms with E-state index in [0.29, 0.717) is 0 Å². The van der Waals surface area contributed by atoms with E-state index in [0.717, 1.165) is 6.42 Å². The minimum Gasteiger partial charge on any atom is -0.268 e. The summed E-state index contributed by atoms with van der Waals surface area (Å²) in [5.74, 6) is 0. The number of hydrogen-bond donors (Lipinski definition) is 0. The number of hydrogen-bond acceptors (Lipinski definition) is 1. The van der Waals surface area contributed by atoms with Gasteiger partial charge in [0, 0.05) is 12.4 Å². The van der Waals surface area contributed by atoms with E-state index in [1.165, 1.54) is 49.8 Å². The lowest BCUT2D eigenvalue weighted by atomic mass is 9.96. The van der Waals surface area contributed by atoms with E-state index in [9.17, 15) is 0 Å². The summed E-state index contributed by atoms with van der Waals surface area (Å²) in [6, 6.07) is 6.87. The number of benzene rings is 2. The highest BCUT2D eigenvalue weighted by Gasteiger charge is 2.24. The summed E-state index contributed by atoms with van der Waals surface area (Å²) in [6.07, 6.45) is 3.08. The lowest BCUT2D eigenvalue weighted by Crippen LogP contribution is -1.93. The van der Waals surface area contributed by atoms with Gasteiger partial charge in [-0.15, -0.1) is 0 Å². The van der Waals surface area contributed by atoms with Crippen molar-refractivity contribution in [2.24, 2.45) is 7.05 Å². The summed E-state index contributed by atoms with van der Waals surface area (Å²) < 4.78 is 1.99. The summed E-state index contributed by atoms with van der Waals surface area (Å²) in [5.41, 5.74) is 11.2. The molecule has 20 heavy (non-hydrogen) atoms. The lowest BCUT2D eigenvalue weighted by molar-refractivity contribution is 0.794. The molecule has 1 aliphatic rings. The number of aromatic nitrogens is 2. The van der Waals surface area contributed by atoms with E-state index in [1.807, 2.05) is 17.9 Å². The van der Waals surface area contributed by atoms with Crippen LogP contribution in [0.3, 0.4) is 0 Å². The van der Waals surface area contributed by atoms with Crippen molar-refractivity contribution in [2.75, 3.05) is 0 Å². The zero-order valence-electron chi connectivity index (χ0n) is 12.4. The molecule has 0 saturated carbocycles. The third-order valence-corrected chi connectivity index (χ3v) is 4.80. The third-order valence-electron chi connectivity index (χ3n) is 4.80. The van der Waals surface area contributed by atoms with Crippen molar-refractivity contribution in [3.8, 4) is 11.1 Å². The second-order valence-corrected chi connectivity index (χ2v) is 5.97. The zero-order valence-corrected chi connectivity index (χ0v) is 12.4. The fourth-order valence-electron chi connectivity index (χ4n) is 3.65. The summed E-state index contributed by atoms with van der Waals surface area (Å²) in [6.45, 7) is 6.63. The SMILES string of the molecule is Cc1ccc2c(c1C)Cc1cc(C)c3c(cnn3C)c1-2. The fraction of sp³-hybridized carbons (Fsp3) is 0.278. The van der Waals surface area contributed by atoms with Crippen LogP contribution < -0.4 is 0 Å². The van der Waals surface area contributed by atoms with Crippen molar-refractivity contribution < 1.29 is 0 Å². The van der Waals surface area contributed by atoms with Crippen molar-refractivity contribution in [3.63, 3.8) is 0 Å². The summed E-state index contributed by atoms with van der Waals surface area (Å²) in [7, 11) is 2.03. The van der Waals surface area contributed by atoms with Crippen molar-refractivity contribution in [1.29, 1.82) is 0 Å². The van der Waals surface area contributed by atoms with Gasteiger partial charge in [0.2, 0.25) is 0 Å². The van der Waals surface area contributed by atoms with E-state index in [1.54, 1.807) is 0 Å². The Morgan fingerprint density at radius 1 is 1.10 bits per heavy atom. The predicted molar refractivity (Wildman–Crippen MR) is 83.2 cm³/mol. The molecule has 1 aromatic heterocycles. The van der Waals surface area contributed by atoms with Gasteiger partial charge in [-0.05, 0) is 66.1 Å². The van der Waals surface area contributed by atoms with Crippen LogP contribution in [0.5, 0.6) is 0 Å². The minimum atomic E-state index is 1.06. The molecule has 1 heterocycles. The number of fused-ring (bicyclic) bond motifs is 5. The van der Waals surface area contributed by atoms with Gasteiger partial charge in [-0.25, -0.2) is 0 Å². The van der Waals surface area contributed by atoms with Crippen LogP contribution in [0.2, 0.25) is 0 Å². The van der Waals surface area contributed by atoms with Crippen LogP contribution in [0, 0.1) is 20.8 Å². The fourth-order valence-corrected chi connectivity index (χ4v) is 3.65. The van der Waals surface area contributed by atoms with Gasteiger partial charge >= 0.3 is 0 Å². The van der Waals surface area contributed by atoms with Crippen LogP contribution in [-0.2, 0) is 13.5 Å². The molecule has 3 aromatic rings. The topological polar surface area (TPSA) is 17.8 Å². The van der Waals surface area contributed by atoms with Crippen molar-refractivity contribution in [2.45, 2.75) is 27.2 Å². The second-order valence-electron chi connectivity index (χ2n) is 5.97. The van der Waals surface area contributed by atoms with E-state index >= 15 is 0 Å². The molecule has 0 radical (unpaired) electrons. The van der Waals surface area contributed by atoms with Gasteiger partial charge in [0.1, 0.15) is 0 Å². The highest BCUT2D eigenvalue weighted by molar-refractivity contribution is 6.01. The zero-order chi connectivity index (χ0) is 14.0. The average molecular weight is 262 g/mol. The molecule has 0 spiro atoms. The Morgan fingerprint density at radius 3 is 2.70 bits per heavy atom. The van der Waals surface area contributed by atoms with Gasteiger partial charge in [-0.1, -0.05) is 18.2 Å². The molecule has 0 saturated heterocycles. The molecule has 0 fully saturated rings. The molecule has 0 amide bonds. The molecular weight excluding hydrogens is 244 g/mol. The van der Waals surface area contributed by atoms with Gasteiger partial charge < -0.3 is 0 Å². The largest absolute Gasteiger partial charge is 0.268 e. The van der Waals surface area contributed by atoms with Crippen LogP contribution in [-0.4, -0.2) is 9.78 Å². The molecule has 0 bridgehead atoms. The van der Waals surface area contributed by atoms with Crippen molar-refractivity contribution in [1.82, 2.24) is 9.78 Å². The Morgan fingerprint density at radius 2 is 1.90 bits per heavy atom. The Hall–Kier alpha value is -2.09. The maximum absolute atomic E-state index is 4.46. The van der Waals surface area contributed by atoms with Gasteiger partial charge in [-0.2, -0.15) is 5.10 Å². The maximum atomic E-state index is 4.46. The van der Waals surface area contributed by atoms with E-state index in [2.05, 4.69) is 44.1 Å². The Bertz CT molecular complexity index is 869. The molecule has 2 heteroatoms. The Labute approximate surface area is 119 Å². The highest BCUT2D eigenvalue weighted by atomic mass is 15.2. The Balaban J connectivity index is 2.15. The molecule has 2 aromatic carbocycles. The van der Waals surface area contributed by atoms with Crippen LogP contribution in [0.15, 0.2) is 24.4 Å². The number of rotatable bonds is 0. The monoisotopic (exact) mass is 262 g/mol. The number of aryl methyl sites for hydroxylation is 3. The Kier molecular flexibility index (Phi) is 2.18. The smallest absolute Gasteiger partial charge is 0.0714 e. The highest BCUT2D eigenvalue weighted by Crippen LogP contribution is 2.43. The molecule has 0 aliphatic heterocycles. The first-order chi connectivity index (χ1) is 9.58. The maximum Gasteiger partial charge on any atom is 0.0714 e. The van der Waals surface area contributed by atoms with Crippen molar-refractivity contribution >= 4 is 10.9 Å². The second kappa shape index (κ2) is 3.72. The van der Waals surface area contributed by atoms with Crippen LogP contribution in [0.1, 0.15) is 27.8 Å². The third kappa shape index (κ3) is 1.31. The molecule has 1 aliphatic carbocycles. The summed E-state index contributed by atoms with van der Waals surface area (Å²) in [5, 5.41) is 5.76. The quantitative estimate of drug-likeness (QED) is 0.467. The summed E-state index contributed by atoms with van der Waals surface area (Å²) >= 11 is 0. The first-order valence-electron chi connectivity index (χ1n) is 7.11. The van der Waals surface area contributed by atoms with Crippen molar-refractivity contribution in [3.05, 3.63) is 52.2 Å². The molecule has 0 unspecified atom stereocenters. The van der Waals surface area contributed by atoms with Gasteiger partial charge in [0.15, 0.2) is 0 Å². The number of nitrogens with zero attached hydrogens (tertiary/aromatic N) is 2. The minimum absolute atomic E-state index is 1.06. The molecule has 0 N–H and O–H groups in total. The molecule has 100 valence electrons. The van der Waals surface area contributed by atoms with E-state index < -0.39 is 0 Å². The molecular formula is C18H18N2. The summed E-state index contributed by atoms with van der Waals surface area (Å²) in [4.78, 5) is 0. The lowest BCUT2D eigenvalue weighted by Gasteiger charge is -2.08. The predicted octanol–water partition coefficient (Wildman–Crippen LogP) is 4.07. The first kappa shape index (κ1) is 11.7. The van der Waals surface area contributed by atoms with Crippen LogP contribution >= 0.6 is 0 Å². The van der Waals surface area contributed by atoms with Gasteiger partial charge in [0.05, 0.1) is 11.7 Å². The molecule has 0 atom stereocenters. The van der Waals surface area contributed by atoms with Gasteiger partial charge in [0.25, 0.3) is 0 Å². The normalized spacial score (nSPS) is 12.8. The van der Waals surface area contributed by atoms with E-state index in [-0.39, 0.29) is 0 Å². The molecule has 4 rings (SSSR count). The van der Waals surface area contributed by atoms with E-state index in [4.69, 9.17) is 0 Å². The van der Waals surface area contributed by atoms with Crippen LogP contribution in [0.4, 0.5) is 0 Å². The van der Waals surface area contributed by atoms with Crippen LogP contribution in [0.25, 0.3) is 22.0 Å². The standard InChI is InChI=1S/C18H18N2/c1-10-5-6-14-15(12(10)3)8-13-7-11(2)18-16(17(13)14)9-19-20(18)4/h5-7,9H,8H2,1-4H3. The molecule has 2 nitrogen and oxygen atoms in total. The van der Waals surface area contributed by atoms with Gasteiger partial charge in [-0.3, -0.25) is 4.68 Å². The average Bonchev–Trinajstić information content (AvgIpc) is 2.96.